The fraction of sp³-hybridized carbons (Fsp3) is 0.333. The molecule has 1 atom stereocenters. The topological polar surface area (TPSA) is 78.4 Å². The van der Waals surface area contributed by atoms with E-state index in [2.05, 4.69) is 17.6 Å². The maximum Gasteiger partial charge on any atom is 0.261 e. The van der Waals surface area contributed by atoms with Crippen LogP contribution in [0.3, 0.4) is 0 Å². The molecule has 2 rings (SSSR count). The van der Waals surface area contributed by atoms with Crippen molar-refractivity contribution in [1.82, 2.24) is 10.6 Å². The number of hydrogen-bond donors (Lipinski definition) is 3. The number of carbonyl (C=O) groups excluding carboxylic acids is 2. The Bertz CT molecular complexity index is 653. The molecular formula is C18H22N2O3S. The van der Waals surface area contributed by atoms with E-state index in [1.165, 1.54) is 16.9 Å². The predicted octanol–water partition coefficient (Wildman–Crippen LogP) is 2.28. The Morgan fingerprint density at radius 1 is 1.21 bits per heavy atom. The van der Waals surface area contributed by atoms with Crippen molar-refractivity contribution in [2.24, 2.45) is 0 Å². The predicted molar refractivity (Wildman–Crippen MR) is 95.1 cm³/mol. The summed E-state index contributed by atoms with van der Waals surface area (Å²) in [6.07, 6.45) is 1.11. The first-order chi connectivity index (χ1) is 11.6. The summed E-state index contributed by atoms with van der Waals surface area (Å²) in [6, 6.07) is 10.9. The Morgan fingerprint density at radius 3 is 2.54 bits per heavy atom. The van der Waals surface area contributed by atoms with Gasteiger partial charge in [0.05, 0.1) is 17.5 Å². The molecule has 5 nitrogen and oxygen atoms in total. The number of amides is 2. The standard InChI is InChI=1S/C18H22N2O3S/c1-2-13-5-7-14(8-6-13)15(12-21)20-17(22)9-10-19-18(23)16-4-3-11-24-16/h3-8,11,15,21H,2,9-10,12H2,1H3,(H,19,23)(H,20,22). The van der Waals surface area contributed by atoms with Crippen LogP contribution in [0.15, 0.2) is 41.8 Å². The smallest absolute Gasteiger partial charge is 0.261 e. The molecule has 2 amide bonds. The highest BCUT2D eigenvalue weighted by molar-refractivity contribution is 7.12. The van der Waals surface area contributed by atoms with Gasteiger partial charge in [-0.2, -0.15) is 0 Å². The Morgan fingerprint density at radius 2 is 1.96 bits per heavy atom. The van der Waals surface area contributed by atoms with E-state index in [0.717, 1.165) is 12.0 Å². The van der Waals surface area contributed by atoms with E-state index >= 15 is 0 Å². The van der Waals surface area contributed by atoms with Crippen molar-refractivity contribution < 1.29 is 14.7 Å². The highest BCUT2D eigenvalue weighted by Crippen LogP contribution is 2.14. The molecule has 0 saturated carbocycles. The quantitative estimate of drug-likeness (QED) is 0.686. The number of hydrogen-bond acceptors (Lipinski definition) is 4. The third-order valence-corrected chi connectivity index (χ3v) is 4.56. The zero-order valence-corrected chi connectivity index (χ0v) is 14.4. The zero-order valence-electron chi connectivity index (χ0n) is 13.6. The molecule has 0 radical (unpaired) electrons. The summed E-state index contributed by atoms with van der Waals surface area (Å²) >= 11 is 1.36. The monoisotopic (exact) mass is 346 g/mol. The van der Waals surface area contributed by atoms with Gasteiger partial charge in [-0.25, -0.2) is 0 Å². The van der Waals surface area contributed by atoms with E-state index < -0.39 is 6.04 Å². The largest absolute Gasteiger partial charge is 0.394 e. The fourth-order valence-electron chi connectivity index (χ4n) is 2.27. The normalized spacial score (nSPS) is 11.8. The summed E-state index contributed by atoms with van der Waals surface area (Å²) in [5.74, 6) is -0.383. The molecule has 2 aromatic rings. The number of aliphatic hydroxyl groups excluding tert-OH is 1. The van der Waals surface area contributed by atoms with Gasteiger partial charge in [-0.1, -0.05) is 37.3 Å². The molecule has 128 valence electrons. The molecule has 0 saturated heterocycles. The van der Waals surface area contributed by atoms with Gasteiger partial charge in [-0.3, -0.25) is 9.59 Å². The molecule has 1 aromatic carbocycles. The second-order valence-electron chi connectivity index (χ2n) is 5.38. The number of rotatable bonds is 8. The number of thiophene rings is 1. The summed E-state index contributed by atoms with van der Waals surface area (Å²) in [6.45, 7) is 2.17. The van der Waals surface area contributed by atoms with E-state index in [1.807, 2.05) is 35.7 Å². The number of benzene rings is 1. The van der Waals surface area contributed by atoms with Gasteiger partial charge in [0.25, 0.3) is 5.91 Å². The lowest BCUT2D eigenvalue weighted by Gasteiger charge is -2.17. The fourth-order valence-corrected chi connectivity index (χ4v) is 2.91. The number of aliphatic hydroxyl groups is 1. The average Bonchev–Trinajstić information content (AvgIpc) is 3.14. The zero-order chi connectivity index (χ0) is 17.4. The van der Waals surface area contributed by atoms with Crippen molar-refractivity contribution in [1.29, 1.82) is 0 Å². The van der Waals surface area contributed by atoms with Crippen molar-refractivity contribution in [2.75, 3.05) is 13.2 Å². The Kier molecular flexibility index (Phi) is 6.96. The molecule has 1 unspecified atom stereocenters. The van der Waals surface area contributed by atoms with Gasteiger partial charge < -0.3 is 15.7 Å². The maximum atomic E-state index is 12.0. The first-order valence-electron chi connectivity index (χ1n) is 7.94. The Labute approximate surface area is 145 Å². The third-order valence-electron chi connectivity index (χ3n) is 3.69. The summed E-state index contributed by atoms with van der Waals surface area (Å²) in [7, 11) is 0. The van der Waals surface area contributed by atoms with Crippen LogP contribution in [0.1, 0.15) is 40.2 Å². The minimum Gasteiger partial charge on any atom is -0.394 e. The van der Waals surface area contributed by atoms with Gasteiger partial charge in [0, 0.05) is 13.0 Å². The van der Waals surface area contributed by atoms with E-state index in [0.29, 0.717) is 4.88 Å². The average molecular weight is 346 g/mol. The van der Waals surface area contributed by atoms with Crippen LogP contribution in [-0.4, -0.2) is 30.1 Å². The van der Waals surface area contributed by atoms with E-state index in [-0.39, 0.29) is 31.4 Å². The van der Waals surface area contributed by atoms with Crippen LogP contribution < -0.4 is 10.6 Å². The highest BCUT2D eigenvalue weighted by Gasteiger charge is 2.14. The molecule has 0 fully saturated rings. The van der Waals surface area contributed by atoms with Gasteiger partial charge >= 0.3 is 0 Å². The molecule has 24 heavy (non-hydrogen) atoms. The van der Waals surface area contributed by atoms with Gasteiger partial charge in [-0.05, 0) is 29.0 Å². The summed E-state index contributed by atoms with van der Waals surface area (Å²) in [5, 5.41) is 16.8. The Balaban J connectivity index is 1.80. The van der Waals surface area contributed by atoms with Crippen LogP contribution in [0.2, 0.25) is 0 Å². The first-order valence-corrected chi connectivity index (χ1v) is 8.82. The van der Waals surface area contributed by atoms with Crippen molar-refractivity contribution >= 4 is 23.2 Å². The van der Waals surface area contributed by atoms with Gasteiger partial charge in [0.15, 0.2) is 0 Å². The summed E-state index contributed by atoms with van der Waals surface area (Å²) in [5.41, 5.74) is 2.07. The van der Waals surface area contributed by atoms with Crippen LogP contribution in [0, 0.1) is 0 Å². The SMILES string of the molecule is CCc1ccc(C(CO)NC(=O)CCNC(=O)c2cccs2)cc1. The summed E-state index contributed by atoms with van der Waals surface area (Å²) < 4.78 is 0. The number of aryl methyl sites for hydroxylation is 1. The molecule has 1 heterocycles. The van der Waals surface area contributed by atoms with Crippen molar-refractivity contribution in [3.8, 4) is 0 Å². The van der Waals surface area contributed by atoms with Gasteiger partial charge in [0.1, 0.15) is 0 Å². The molecule has 0 aliphatic carbocycles. The molecule has 0 spiro atoms. The minimum absolute atomic E-state index is 0.167. The maximum absolute atomic E-state index is 12.0. The van der Waals surface area contributed by atoms with Gasteiger partial charge in [-0.15, -0.1) is 11.3 Å². The van der Waals surface area contributed by atoms with Gasteiger partial charge in [0.2, 0.25) is 5.91 Å². The Hall–Kier alpha value is -2.18. The third kappa shape index (κ3) is 5.18. The van der Waals surface area contributed by atoms with Crippen molar-refractivity contribution in [3.05, 3.63) is 57.8 Å². The van der Waals surface area contributed by atoms with E-state index in [4.69, 9.17) is 0 Å². The van der Waals surface area contributed by atoms with Crippen molar-refractivity contribution in [2.45, 2.75) is 25.8 Å². The lowest BCUT2D eigenvalue weighted by molar-refractivity contribution is -0.122. The summed E-state index contributed by atoms with van der Waals surface area (Å²) in [4.78, 5) is 24.4. The molecule has 1 aromatic heterocycles. The molecule has 3 N–H and O–H groups in total. The second-order valence-corrected chi connectivity index (χ2v) is 6.33. The molecule has 6 heteroatoms. The van der Waals surface area contributed by atoms with Crippen LogP contribution in [0.5, 0.6) is 0 Å². The van der Waals surface area contributed by atoms with Crippen molar-refractivity contribution in [3.63, 3.8) is 0 Å². The first kappa shape index (κ1) is 18.2. The molecular weight excluding hydrogens is 324 g/mol. The van der Waals surface area contributed by atoms with E-state index in [1.54, 1.807) is 6.07 Å². The number of nitrogens with one attached hydrogen (secondary N) is 2. The number of carbonyl (C=O) groups is 2. The lowest BCUT2D eigenvalue weighted by Crippen LogP contribution is -2.34. The van der Waals surface area contributed by atoms with E-state index in [9.17, 15) is 14.7 Å². The molecule has 0 aliphatic heterocycles. The highest BCUT2D eigenvalue weighted by atomic mass is 32.1. The molecule has 0 bridgehead atoms. The van der Waals surface area contributed by atoms with Crippen LogP contribution >= 0.6 is 11.3 Å². The van der Waals surface area contributed by atoms with Crippen LogP contribution in [0.25, 0.3) is 0 Å². The minimum atomic E-state index is -0.434. The lowest BCUT2D eigenvalue weighted by atomic mass is 10.0. The van der Waals surface area contributed by atoms with Crippen LogP contribution in [-0.2, 0) is 11.2 Å². The molecule has 0 aliphatic rings. The van der Waals surface area contributed by atoms with Crippen LogP contribution in [0.4, 0.5) is 0 Å². The second kappa shape index (κ2) is 9.20.